The highest BCUT2D eigenvalue weighted by atomic mass is 16.3. The minimum absolute atomic E-state index is 0.326. The van der Waals surface area contributed by atoms with E-state index < -0.39 is 0 Å². The van der Waals surface area contributed by atoms with Gasteiger partial charge in [0.2, 0.25) is 0 Å². The predicted molar refractivity (Wildman–Crippen MR) is 70.9 cm³/mol. The first-order chi connectivity index (χ1) is 8.29. The average molecular weight is 233 g/mol. The van der Waals surface area contributed by atoms with Gasteiger partial charge in [0, 0.05) is 6.04 Å². The highest BCUT2D eigenvalue weighted by Crippen LogP contribution is 2.32. The number of hydrogen-bond acceptors (Lipinski definition) is 2. The molecule has 0 saturated heterocycles. The lowest BCUT2D eigenvalue weighted by molar-refractivity contribution is 0.108. The molecule has 1 atom stereocenters. The van der Waals surface area contributed by atoms with Crippen LogP contribution in [0.15, 0.2) is 30.3 Å². The molecule has 2 N–H and O–H groups in total. The number of rotatable bonds is 4. The van der Waals surface area contributed by atoms with Crippen molar-refractivity contribution in [3.63, 3.8) is 0 Å². The molecule has 0 aromatic heterocycles. The van der Waals surface area contributed by atoms with Crippen LogP contribution in [-0.4, -0.2) is 17.4 Å². The number of aliphatic hydroxyl groups is 1. The van der Waals surface area contributed by atoms with Crippen molar-refractivity contribution in [2.75, 3.05) is 0 Å². The quantitative estimate of drug-likeness (QED) is 0.783. The van der Waals surface area contributed by atoms with Gasteiger partial charge in [-0.2, -0.15) is 0 Å². The third-order valence-corrected chi connectivity index (χ3v) is 3.81. The third kappa shape index (κ3) is 3.55. The van der Waals surface area contributed by atoms with E-state index in [-0.39, 0.29) is 6.23 Å². The van der Waals surface area contributed by atoms with Gasteiger partial charge in [0.15, 0.2) is 0 Å². The maximum atomic E-state index is 9.58. The average Bonchev–Trinajstić information content (AvgIpc) is 2.40. The van der Waals surface area contributed by atoms with Crippen LogP contribution in [0.5, 0.6) is 0 Å². The van der Waals surface area contributed by atoms with Gasteiger partial charge in [-0.05, 0) is 43.6 Å². The number of hydrogen-bond donors (Lipinski definition) is 2. The largest absolute Gasteiger partial charge is 0.379 e. The molecule has 1 aliphatic rings. The predicted octanol–water partition coefficient (Wildman–Crippen LogP) is 3.03. The highest BCUT2D eigenvalue weighted by molar-refractivity contribution is 5.20. The van der Waals surface area contributed by atoms with Crippen LogP contribution in [0.3, 0.4) is 0 Å². The van der Waals surface area contributed by atoms with E-state index in [0.717, 1.165) is 6.42 Å². The van der Waals surface area contributed by atoms with E-state index in [4.69, 9.17) is 0 Å². The molecule has 2 nitrogen and oxygen atoms in total. The van der Waals surface area contributed by atoms with Gasteiger partial charge in [0.05, 0.1) is 0 Å². The van der Waals surface area contributed by atoms with Crippen LogP contribution in [0.2, 0.25) is 0 Å². The van der Waals surface area contributed by atoms with Gasteiger partial charge in [0.1, 0.15) is 6.23 Å². The lowest BCUT2D eigenvalue weighted by atomic mass is 9.82. The second-order valence-electron chi connectivity index (χ2n) is 5.05. The number of benzene rings is 1. The SMILES string of the molecule is CCC(O)NC1CCC(c2ccccc2)CC1. The van der Waals surface area contributed by atoms with E-state index >= 15 is 0 Å². The lowest BCUT2D eigenvalue weighted by Crippen LogP contribution is -2.39. The van der Waals surface area contributed by atoms with Crippen molar-refractivity contribution in [3.8, 4) is 0 Å². The summed E-state index contributed by atoms with van der Waals surface area (Å²) in [5.41, 5.74) is 1.47. The number of nitrogens with one attached hydrogen (secondary N) is 1. The Morgan fingerprint density at radius 3 is 2.41 bits per heavy atom. The van der Waals surface area contributed by atoms with E-state index in [2.05, 4.69) is 35.6 Å². The fourth-order valence-electron chi connectivity index (χ4n) is 2.71. The molecular formula is C15H23NO. The van der Waals surface area contributed by atoms with Crippen molar-refractivity contribution in [2.24, 2.45) is 0 Å². The van der Waals surface area contributed by atoms with Gasteiger partial charge in [-0.15, -0.1) is 0 Å². The van der Waals surface area contributed by atoms with Gasteiger partial charge in [-0.3, -0.25) is 5.32 Å². The molecule has 0 spiro atoms. The van der Waals surface area contributed by atoms with Crippen molar-refractivity contribution < 1.29 is 5.11 Å². The Balaban J connectivity index is 1.82. The van der Waals surface area contributed by atoms with Gasteiger partial charge >= 0.3 is 0 Å². The van der Waals surface area contributed by atoms with Crippen LogP contribution in [0.25, 0.3) is 0 Å². The molecule has 0 amide bonds. The van der Waals surface area contributed by atoms with Crippen LogP contribution in [0, 0.1) is 0 Å². The molecule has 0 aliphatic heterocycles. The smallest absolute Gasteiger partial charge is 0.104 e. The summed E-state index contributed by atoms with van der Waals surface area (Å²) in [5.74, 6) is 0.716. The Hall–Kier alpha value is -0.860. The molecule has 0 bridgehead atoms. The maximum Gasteiger partial charge on any atom is 0.104 e. The van der Waals surface area contributed by atoms with Gasteiger partial charge in [0.25, 0.3) is 0 Å². The molecule has 1 aliphatic carbocycles. The Morgan fingerprint density at radius 2 is 1.82 bits per heavy atom. The second-order valence-corrected chi connectivity index (χ2v) is 5.05. The molecule has 2 rings (SSSR count). The summed E-state index contributed by atoms with van der Waals surface area (Å²) < 4.78 is 0. The third-order valence-electron chi connectivity index (χ3n) is 3.81. The van der Waals surface area contributed by atoms with Crippen molar-refractivity contribution in [1.82, 2.24) is 5.32 Å². The van der Waals surface area contributed by atoms with Crippen molar-refractivity contribution in [3.05, 3.63) is 35.9 Å². The van der Waals surface area contributed by atoms with Crippen LogP contribution < -0.4 is 5.32 Å². The molecule has 0 radical (unpaired) electrons. The first-order valence-corrected chi connectivity index (χ1v) is 6.78. The minimum Gasteiger partial charge on any atom is -0.379 e. The minimum atomic E-state index is -0.326. The Labute approximate surface area is 104 Å². The van der Waals surface area contributed by atoms with Gasteiger partial charge in [-0.1, -0.05) is 37.3 Å². The summed E-state index contributed by atoms with van der Waals surface area (Å²) >= 11 is 0. The molecule has 1 saturated carbocycles. The summed E-state index contributed by atoms with van der Waals surface area (Å²) in [6, 6.07) is 11.3. The normalized spacial score (nSPS) is 26.7. The first-order valence-electron chi connectivity index (χ1n) is 6.78. The lowest BCUT2D eigenvalue weighted by Gasteiger charge is -2.30. The topological polar surface area (TPSA) is 32.3 Å². The van der Waals surface area contributed by atoms with E-state index in [9.17, 15) is 5.11 Å². The van der Waals surface area contributed by atoms with Crippen molar-refractivity contribution >= 4 is 0 Å². The fourth-order valence-corrected chi connectivity index (χ4v) is 2.71. The Bertz CT molecular complexity index is 317. The van der Waals surface area contributed by atoms with Crippen LogP contribution >= 0.6 is 0 Å². The molecule has 1 unspecified atom stereocenters. The van der Waals surface area contributed by atoms with E-state index in [0.29, 0.717) is 12.0 Å². The molecule has 1 fully saturated rings. The van der Waals surface area contributed by atoms with Gasteiger partial charge in [-0.25, -0.2) is 0 Å². The second kappa shape index (κ2) is 6.18. The summed E-state index contributed by atoms with van der Waals surface area (Å²) in [5, 5.41) is 12.9. The molecule has 94 valence electrons. The van der Waals surface area contributed by atoms with E-state index in [1.807, 2.05) is 6.92 Å². The standard InChI is InChI=1S/C15H23NO/c1-2-15(17)16-14-10-8-13(9-11-14)12-6-4-3-5-7-12/h3-7,13-17H,2,8-11H2,1H3. The summed E-state index contributed by atoms with van der Waals surface area (Å²) in [4.78, 5) is 0. The summed E-state index contributed by atoms with van der Waals surface area (Å²) in [7, 11) is 0. The summed E-state index contributed by atoms with van der Waals surface area (Å²) in [6.07, 6.45) is 5.29. The molecule has 17 heavy (non-hydrogen) atoms. The van der Waals surface area contributed by atoms with Crippen LogP contribution in [0.4, 0.5) is 0 Å². The zero-order chi connectivity index (χ0) is 12.1. The number of aliphatic hydroxyl groups excluding tert-OH is 1. The fraction of sp³-hybridized carbons (Fsp3) is 0.600. The highest BCUT2D eigenvalue weighted by Gasteiger charge is 2.22. The molecule has 0 heterocycles. The monoisotopic (exact) mass is 233 g/mol. The molecule has 1 aromatic carbocycles. The van der Waals surface area contributed by atoms with Crippen LogP contribution in [0.1, 0.15) is 50.5 Å². The maximum absolute atomic E-state index is 9.58. The van der Waals surface area contributed by atoms with Crippen molar-refractivity contribution in [2.45, 2.75) is 57.2 Å². The summed E-state index contributed by atoms with van der Waals surface area (Å²) in [6.45, 7) is 2.01. The molecule has 1 aromatic rings. The Kier molecular flexibility index (Phi) is 4.57. The van der Waals surface area contributed by atoms with Gasteiger partial charge < -0.3 is 5.11 Å². The molecular weight excluding hydrogens is 210 g/mol. The first kappa shape index (κ1) is 12.6. The van der Waals surface area contributed by atoms with E-state index in [1.54, 1.807) is 0 Å². The van der Waals surface area contributed by atoms with Crippen LogP contribution in [-0.2, 0) is 0 Å². The van der Waals surface area contributed by atoms with E-state index in [1.165, 1.54) is 31.2 Å². The van der Waals surface area contributed by atoms with Crippen molar-refractivity contribution in [1.29, 1.82) is 0 Å². The molecule has 2 heteroatoms. The zero-order valence-corrected chi connectivity index (χ0v) is 10.6. The Morgan fingerprint density at radius 1 is 1.18 bits per heavy atom. The zero-order valence-electron chi connectivity index (χ0n) is 10.6.